The molecule has 0 bridgehead atoms. The van der Waals surface area contributed by atoms with Crippen LogP contribution in [0.5, 0.6) is 0 Å². The highest BCUT2D eigenvalue weighted by molar-refractivity contribution is 6.10. The quantitative estimate of drug-likeness (QED) is 0.811. The van der Waals surface area contributed by atoms with Gasteiger partial charge in [-0.3, -0.25) is 9.59 Å². The zero-order valence-electron chi connectivity index (χ0n) is 15.5. The van der Waals surface area contributed by atoms with Crippen LogP contribution in [0.2, 0.25) is 0 Å². The van der Waals surface area contributed by atoms with Crippen LogP contribution in [0.4, 0.5) is 5.69 Å². The fourth-order valence-corrected chi connectivity index (χ4v) is 2.43. The minimum atomic E-state index is -1.21. The average Bonchev–Trinajstić information content (AvgIpc) is 3.05. The Balaban J connectivity index is 2.10. The van der Waals surface area contributed by atoms with E-state index in [1.54, 1.807) is 32.2 Å². The van der Waals surface area contributed by atoms with Crippen molar-refractivity contribution >= 4 is 17.5 Å². The van der Waals surface area contributed by atoms with Gasteiger partial charge in [0.15, 0.2) is 0 Å². The summed E-state index contributed by atoms with van der Waals surface area (Å²) in [6, 6.07) is 11.2. The lowest BCUT2D eigenvalue weighted by molar-refractivity contribution is -0.138. The van der Waals surface area contributed by atoms with Crippen LogP contribution in [0, 0.1) is 5.41 Å². The number of benzene rings is 1. The Morgan fingerprint density at radius 2 is 1.64 bits per heavy atom. The molecular formula is C20H26N2O3. The van der Waals surface area contributed by atoms with Gasteiger partial charge in [-0.2, -0.15) is 0 Å². The molecule has 1 aromatic heterocycles. The van der Waals surface area contributed by atoms with Crippen molar-refractivity contribution in [1.82, 2.24) is 5.32 Å². The van der Waals surface area contributed by atoms with Crippen molar-refractivity contribution < 1.29 is 14.0 Å². The summed E-state index contributed by atoms with van der Waals surface area (Å²) >= 11 is 0. The van der Waals surface area contributed by atoms with Crippen molar-refractivity contribution in [1.29, 1.82) is 0 Å². The smallest absolute Gasteiger partial charge is 0.239 e. The maximum atomic E-state index is 12.7. The van der Waals surface area contributed by atoms with Gasteiger partial charge >= 0.3 is 0 Å². The van der Waals surface area contributed by atoms with Crippen molar-refractivity contribution in [2.75, 3.05) is 5.32 Å². The number of amides is 2. The van der Waals surface area contributed by atoms with E-state index in [2.05, 4.69) is 31.4 Å². The van der Waals surface area contributed by atoms with E-state index in [1.807, 2.05) is 24.3 Å². The van der Waals surface area contributed by atoms with E-state index in [9.17, 15) is 9.59 Å². The number of carbonyl (C=O) groups is 2. The van der Waals surface area contributed by atoms with Gasteiger partial charge in [0, 0.05) is 5.69 Å². The molecule has 2 N–H and O–H groups in total. The molecule has 0 aliphatic heterocycles. The third-order valence-electron chi connectivity index (χ3n) is 4.12. The second kappa shape index (κ2) is 7.13. The van der Waals surface area contributed by atoms with Crippen molar-refractivity contribution in [2.24, 2.45) is 5.41 Å². The van der Waals surface area contributed by atoms with Gasteiger partial charge in [-0.1, -0.05) is 39.0 Å². The predicted octanol–water partition coefficient (Wildman–Crippen LogP) is 3.86. The highest BCUT2D eigenvalue weighted by Gasteiger charge is 2.36. The first-order valence-electron chi connectivity index (χ1n) is 8.34. The van der Waals surface area contributed by atoms with Crippen LogP contribution in [0.1, 0.15) is 45.9 Å². The lowest BCUT2D eigenvalue weighted by Gasteiger charge is -2.26. The molecule has 2 aromatic rings. The first-order chi connectivity index (χ1) is 11.6. The molecule has 0 fully saturated rings. The van der Waals surface area contributed by atoms with Crippen molar-refractivity contribution in [2.45, 2.75) is 46.6 Å². The molecule has 2 rings (SSSR count). The Morgan fingerprint density at radius 3 is 2.24 bits per heavy atom. The largest absolute Gasteiger partial charge is 0.467 e. The van der Waals surface area contributed by atoms with Crippen molar-refractivity contribution in [3.63, 3.8) is 0 Å². The molecule has 1 aromatic carbocycles. The van der Waals surface area contributed by atoms with Gasteiger partial charge in [0.25, 0.3) is 0 Å². The molecule has 0 aliphatic carbocycles. The molecule has 25 heavy (non-hydrogen) atoms. The maximum absolute atomic E-state index is 12.7. The number of hydrogen-bond donors (Lipinski definition) is 2. The molecule has 0 aliphatic rings. The molecule has 0 spiro atoms. The third kappa shape index (κ3) is 4.50. The lowest BCUT2D eigenvalue weighted by Crippen LogP contribution is -2.45. The van der Waals surface area contributed by atoms with E-state index in [-0.39, 0.29) is 23.8 Å². The first kappa shape index (κ1) is 18.8. The monoisotopic (exact) mass is 342 g/mol. The number of nitrogens with one attached hydrogen (secondary N) is 2. The number of hydrogen-bond acceptors (Lipinski definition) is 3. The molecule has 2 amide bonds. The predicted molar refractivity (Wildman–Crippen MR) is 98.1 cm³/mol. The van der Waals surface area contributed by atoms with E-state index >= 15 is 0 Å². The normalized spacial score (nSPS) is 11.9. The third-order valence-corrected chi connectivity index (χ3v) is 4.12. The number of furan rings is 1. The fourth-order valence-electron chi connectivity index (χ4n) is 2.43. The Kier molecular flexibility index (Phi) is 5.36. The summed E-state index contributed by atoms with van der Waals surface area (Å²) in [5, 5.41) is 5.65. The van der Waals surface area contributed by atoms with Gasteiger partial charge in [0.05, 0.1) is 12.8 Å². The zero-order valence-corrected chi connectivity index (χ0v) is 15.5. The van der Waals surface area contributed by atoms with Gasteiger partial charge in [0.1, 0.15) is 11.2 Å². The van der Waals surface area contributed by atoms with Crippen LogP contribution in [0.3, 0.4) is 0 Å². The molecular weight excluding hydrogens is 316 g/mol. The molecule has 0 saturated heterocycles. The maximum Gasteiger partial charge on any atom is 0.239 e. The molecule has 1 heterocycles. The SMILES string of the molecule is CC(C)(C(=O)NCc1ccco1)C(=O)Nc1ccccc1C(C)(C)C. The molecule has 0 radical (unpaired) electrons. The number of carbonyl (C=O) groups excluding carboxylic acids is 2. The first-order valence-corrected chi connectivity index (χ1v) is 8.34. The molecule has 0 atom stereocenters. The summed E-state index contributed by atoms with van der Waals surface area (Å²) in [6.45, 7) is 9.72. The Bertz CT molecular complexity index is 741. The van der Waals surface area contributed by atoms with E-state index in [1.165, 1.54) is 0 Å². The summed E-state index contributed by atoms with van der Waals surface area (Å²) in [5.74, 6) is -0.0570. The van der Waals surface area contributed by atoms with E-state index < -0.39 is 5.41 Å². The Hall–Kier alpha value is -2.56. The van der Waals surface area contributed by atoms with Crippen LogP contribution in [-0.4, -0.2) is 11.8 Å². The summed E-state index contributed by atoms with van der Waals surface area (Å²) in [4.78, 5) is 25.2. The molecule has 134 valence electrons. The van der Waals surface area contributed by atoms with Gasteiger partial charge in [-0.25, -0.2) is 0 Å². The number of rotatable bonds is 5. The fraction of sp³-hybridized carbons (Fsp3) is 0.400. The average molecular weight is 342 g/mol. The molecule has 0 saturated carbocycles. The Morgan fingerprint density at radius 1 is 0.960 bits per heavy atom. The van der Waals surface area contributed by atoms with E-state index in [0.29, 0.717) is 5.76 Å². The highest BCUT2D eigenvalue weighted by atomic mass is 16.3. The minimum Gasteiger partial charge on any atom is -0.467 e. The van der Waals surface area contributed by atoms with Crippen molar-refractivity contribution in [3.8, 4) is 0 Å². The van der Waals surface area contributed by atoms with Gasteiger partial charge in [-0.05, 0) is 43.0 Å². The van der Waals surface area contributed by atoms with Crippen LogP contribution in [0.15, 0.2) is 47.1 Å². The summed E-state index contributed by atoms with van der Waals surface area (Å²) in [6.07, 6.45) is 1.54. The summed E-state index contributed by atoms with van der Waals surface area (Å²) in [7, 11) is 0. The second-order valence-corrected chi connectivity index (χ2v) is 7.64. The van der Waals surface area contributed by atoms with Crippen LogP contribution < -0.4 is 10.6 Å². The standard InChI is InChI=1S/C20H26N2O3/c1-19(2,3)15-10-6-7-11-16(15)22-18(24)20(4,5)17(23)21-13-14-9-8-12-25-14/h6-12H,13H2,1-5H3,(H,21,23)(H,22,24). The van der Waals surface area contributed by atoms with Gasteiger partial charge in [-0.15, -0.1) is 0 Å². The van der Waals surface area contributed by atoms with Crippen molar-refractivity contribution in [3.05, 3.63) is 54.0 Å². The summed E-state index contributed by atoms with van der Waals surface area (Å²) in [5.41, 5.74) is 0.426. The highest BCUT2D eigenvalue weighted by Crippen LogP contribution is 2.30. The van der Waals surface area contributed by atoms with Crippen LogP contribution >= 0.6 is 0 Å². The van der Waals surface area contributed by atoms with E-state index in [4.69, 9.17) is 4.42 Å². The zero-order chi connectivity index (χ0) is 18.7. The minimum absolute atomic E-state index is 0.116. The molecule has 5 nitrogen and oxygen atoms in total. The Labute approximate surface area is 148 Å². The number of para-hydroxylation sites is 1. The van der Waals surface area contributed by atoms with Crippen LogP contribution in [-0.2, 0) is 21.5 Å². The van der Waals surface area contributed by atoms with E-state index in [0.717, 1.165) is 11.3 Å². The van der Waals surface area contributed by atoms with Crippen LogP contribution in [0.25, 0.3) is 0 Å². The second-order valence-electron chi connectivity index (χ2n) is 7.64. The van der Waals surface area contributed by atoms with Gasteiger partial charge < -0.3 is 15.1 Å². The number of anilines is 1. The van der Waals surface area contributed by atoms with Gasteiger partial charge in [0.2, 0.25) is 11.8 Å². The lowest BCUT2D eigenvalue weighted by atomic mass is 9.85. The summed E-state index contributed by atoms with van der Waals surface area (Å²) < 4.78 is 5.19. The molecule has 0 unspecified atom stereocenters. The molecule has 5 heteroatoms. The topological polar surface area (TPSA) is 71.3 Å².